The Labute approximate surface area is 180 Å². The van der Waals surface area contributed by atoms with Crippen LogP contribution in [0.25, 0.3) is 11.1 Å². The number of amides is 1. The van der Waals surface area contributed by atoms with Crippen molar-refractivity contribution in [2.45, 2.75) is 32.2 Å². The summed E-state index contributed by atoms with van der Waals surface area (Å²) in [7, 11) is 0. The Morgan fingerprint density at radius 2 is 1.87 bits per heavy atom. The Hall–Kier alpha value is -3.60. The summed E-state index contributed by atoms with van der Waals surface area (Å²) in [4.78, 5) is 26.2. The summed E-state index contributed by atoms with van der Waals surface area (Å²) >= 11 is 0. The zero-order chi connectivity index (χ0) is 21.6. The highest BCUT2D eigenvalue weighted by Crippen LogP contribution is 2.40. The summed E-state index contributed by atoms with van der Waals surface area (Å²) in [6.45, 7) is 6.64. The van der Waals surface area contributed by atoms with Crippen LogP contribution >= 0.6 is 0 Å². The zero-order valence-electron chi connectivity index (χ0n) is 17.7. The van der Waals surface area contributed by atoms with Gasteiger partial charge in [0.1, 0.15) is 17.9 Å². The van der Waals surface area contributed by atoms with Crippen molar-refractivity contribution < 1.29 is 9.21 Å². The number of furan rings is 1. The van der Waals surface area contributed by atoms with Crippen LogP contribution in [-0.4, -0.2) is 52.5 Å². The lowest BCUT2D eigenvalue weighted by atomic mass is 10.1. The Kier molecular flexibility index (Phi) is 4.54. The van der Waals surface area contributed by atoms with Crippen LogP contribution < -0.4 is 10.2 Å². The van der Waals surface area contributed by atoms with Crippen LogP contribution in [0.4, 0.5) is 11.5 Å². The molecule has 1 aliphatic heterocycles. The third-order valence-corrected chi connectivity index (χ3v) is 6.23. The Morgan fingerprint density at radius 3 is 2.52 bits per heavy atom. The molecule has 0 radical (unpaired) electrons. The Bertz CT molecular complexity index is 1180. The molecular formula is C23H24N6O2. The topological polar surface area (TPSA) is 98.3 Å². The molecule has 0 bridgehead atoms. The molecule has 8 heteroatoms. The van der Waals surface area contributed by atoms with E-state index in [1.165, 1.54) is 6.33 Å². The predicted octanol–water partition coefficient (Wildman–Crippen LogP) is 3.33. The molecule has 1 amide bonds. The molecule has 3 heterocycles. The molecule has 158 valence electrons. The molecule has 2 aliphatic rings. The number of nitrogens with one attached hydrogen (secondary N) is 1. The zero-order valence-corrected chi connectivity index (χ0v) is 17.7. The van der Waals surface area contributed by atoms with Gasteiger partial charge in [-0.2, -0.15) is 5.26 Å². The highest BCUT2D eigenvalue weighted by molar-refractivity contribution is 6.10. The van der Waals surface area contributed by atoms with Crippen molar-refractivity contribution >= 4 is 28.5 Å². The van der Waals surface area contributed by atoms with E-state index in [2.05, 4.69) is 33.2 Å². The lowest BCUT2D eigenvalue weighted by Gasteiger charge is -2.36. The number of fused-ring (bicyclic) bond motifs is 1. The van der Waals surface area contributed by atoms with Crippen molar-refractivity contribution in [2.75, 3.05) is 36.4 Å². The van der Waals surface area contributed by atoms with Gasteiger partial charge in [0.25, 0.3) is 5.91 Å². The summed E-state index contributed by atoms with van der Waals surface area (Å²) in [6.07, 6.45) is 3.63. The van der Waals surface area contributed by atoms with Gasteiger partial charge in [0.15, 0.2) is 0 Å². The maximum absolute atomic E-state index is 13.5. The number of anilines is 2. The molecule has 0 atom stereocenters. The maximum atomic E-state index is 13.5. The average Bonchev–Trinajstić information content (AvgIpc) is 3.41. The quantitative estimate of drug-likeness (QED) is 0.696. The molecule has 2 aromatic heterocycles. The molecule has 31 heavy (non-hydrogen) atoms. The van der Waals surface area contributed by atoms with E-state index in [0.717, 1.165) is 31.6 Å². The van der Waals surface area contributed by atoms with Gasteiger partial charge in [-0.3, -0.25) is 4.79 Å². The van der Waals surface area contributed by atoms with E-state index in [0.29, 0.717) is 46.9 Å². The molecule has 8 nitrogen and oxygen atoms in total. The molecule has 2 fully saturated rings. The summed E-state index contributed by atoms with van der Waals surface area (Å²) in [5.41, 5.74) is 2.73. The van der Waals surface area contributed by atoms with Crippen LogP contribution in [0.5, 0.6) is 0 Å². The van der Waals surface area contributed by atoms with Crippen molar-refractivity contribution in [2.24, 2.45) is 0 Å². The number of carbonyl (C=O) groups excluding carboxylic acids is 1. The van der Waals surface area contributed by atoms with Gasteiger partial charge in [0.2, 0.25) is 5.71 Å². The van der Waals surface area contributed by atoms with Crippen molar-refractivity contribution in [3.63, 3.8) is 0 Å². The van der Waals surface area contributed by atoms with Crippen LogP contribution in [0.15, 0.2) is 35.0 Å². The molecule has 3 aromatic rings. The molecule has 1 aliphatic carbocycles. The highest BCUT2D eigenvalue weighted by Gasteiger charge is 2.39. The van der Waals surface area contributed by atoms with Gasteiger partial charge in [0.05, 0.1) is 22.6 Å². The van der Waals surface area contributed by atoms with Crippen LogP contribution in [-0.2, 0) is 0 Å². The second-order valence-electron chi connectivity index (χ2n) is 8.56. The van der Waals surface area contributed by atoms with Gasteiger partial charge in [-0.25, -0.2) is 9.97 Å². The first-order valence-corrected chi connectivity index (χ1v) is 10.5. The van der Waals surface area contributed by atoms with E-state index in [9.17, 15) is 4.79 Å². The molecule has 1 N–H and O–H groups in total. The minimum Gasteiger partial charge on any atom is -0.442 e. The smallest absolute Gasteiger partial charge is 0.258 e. The van der Waals surface area contributed by atoms with Gasteiger partial charge < -0.3 is 19.5 Å². The largest absolute Gasteiger partial charge is 0.442 e. The van der Waals surface area contributed by atoms with Crippen molar-refractivity contribution in [3.8, 4) is 6.07 Å². The third kappa shape index (κ3) is 3.56. The second kappa shape index (κ2) is 7.27. The predicted molar refractivity (Wildman–Crippen MR) is 117 cm³/mol. The number of hydrogen-bond donors (Lipinski definition) is 1. The van der Waals surface area contributed by atoms with Crippen LogP contribution in [0.3, 0.4) is 0 Å². The second-order valence-corrected chi connectivity index (χ2v) is 8.56. The van der Waals surface area contributed by atoms with Gasteiger partial charge in [-0.05, 0) is 51.0 Å². The van der Waals surface area contributed by atoms with E-state index < -0.39 is 0 Å². The number of piperazine rings is 1. The third-order valence-electron chi connectivity index (χ3n) is 6.23. The summed E-state index contributed by atoms with van der Waals surface area (Å²) in [5, 5.41) is 13.1. The van der Waals surface area contributed by atoms with E-state index >= 15 is 0 Å². The van der Waals surface area contributed by atoms with Crippen LogP contribution in [0.2, 0.25) is 0 Å². The van der Waals surface area contributed by atoms with Crippen LogP contribution in [0.1, 0.15) is 41.4 Å². The van der Waals surface area contributed by atoms with E-state index in [4.69, 9.17) is 9.68 Å². The van der Waals surface area contributed by atoms with Gasteiger partial charge >= 0.3 is 0 Å². The van der Waals surface area contributed by atoms with Gasteiger partial charge in [-0.15, -0.1) is 0 Å². The molecule has 1 saturated heterocycles. The first-order chi connectivity index (χ1) is 15.0. The molecule has 1 aromatic carbocycles. The van der Waals surface area contributed by atoms with Gasteiger partial charge in [0, 0.05) is 37.4 Å². The number of benzene rings is 1. The van der Waals surface area contributed by atoms with E-state index in [-0.39, 0.29) is 11.4 Å². The van der Waals surface area contributed by atoms with Crippen LogP contribution in [0, 0.1) is 18.3 Å². The molecule has 1 saturated carbocycles. The van der Waals surface area contributed by atoms with E-state index in [1.807, 2.05) is 36.1 Å². The van der Waals surface area contributed by atoms with E-state index in [1.54, 1.807) is 0 Å². The normalized spacial score (nSPS) is 17.5. The molecule has 0 unspecified atom stereocenters. The number of nitriles is 1. The van der Waals surface area contributed by atoms with Crippen molar-refractivity contribution in [1.82, 2.24) is 14.9 Å². The van der Waals surface area contributed by atoms with Gasteiger partial charge in [-0.1, -0.05) is 0 Å². The molecular weight excluding hydrogens is 392 g/mol. The SMILES string of the molecule is Cc1oc2ncnc(NC3(C)CC3)c2c1C(=O)N1CCN(c2ccc(C#N)cc2)CC1. The molecule has 0 spiro atoms. The summed E-state index contributed by atoms with van der Waals surface area (Å²) in [6, 6.07) is 9.70. The number of aromatic nitrogens is 2. The monoisotopic (exact) mass is 416 g/mol. The highest BCUT2D eigenvalue weighted by atomic mass is 16.3. The standard InChI is InChI=1S/C23H24N6O2/c1-15-18(19-20(27-23(2)7-8-23)25-14-26-21(19)31-15)22(30)29-11-9-28(10-12-29)17-5-3-16(13-24)4-6-17/h3-6,14H,7-12H2,1-2H3,(H,25,26,27). The Morgan fingerprint density at radius 1 is 1.16 bits per heavy atom. The van der Waals surface area contributed by atoms with Crippen molar-refractivity contribution in [1.29, 1.82) is 5.26 Å². The number of rotatable bonds is 4. The Balaban J connectivity index is 1.37. The lowest BCUT2D eigenvalue weighted by molar-refractivity contribution is 0.0746. The fourth-order valence-electron chi connectivity index (χ4n) is 4.07. The number of hydrogen-bond acceptors (Lipinski definition) is 7. The fourth-order valence-corrected chi connectivity index (χ4v) is 4.07. The fraction of sp³-hybridized carbons (Fsp3) is 0.391. The summed E-state index contributed by atoms with van der Waals surface area (Å²) in [5.74, 6) is 1.19. The van der Waals surface area contributed by atoms with Crippen molar-refractivity contribution in [3.05, 3.63) is 47.5 Å². The number of aryl methyl sites for hydroxylation is 1. The summed E-state index contributed by atoms with van der Waals surface area (Å²) < 4.78 is 5.82. The first kappa shape index (κ1) is 19.4. The lowest BCUT2D eigenvalue weighted by Crippen LogP contribution is -2.48. The first-order valence-electron chi connectivity index (χ1n) is 10.5. The number of nitrogens with zero attached hydrogens (tertiary/aromatic N) is 5. The maximum Gasteiger partial charge on any atom is 0.258 e. The molecule has 5 rings (SSSR count). The minimum atomic E-state index is -0.0467. The number of carbonyl (C=O) groups is 1. The average molecular weight is 416 g/mol. The minimum absolute atomic E-state index is 0.0273.